The molecule has 16 heavy (non-hydrogen) atoms. The van der Waals surface area contributed by atoms with Crippen molar-refractivity contribution in [3.8, 4) is 0 Å². The SMILES string of the molecule is CCC(C)N(CC)CCCn1ccc(N)n1. The standard InChI is InChI=1S/C12H24N4/c1-4-11(3)15(5-2)8-6-9-16-10-7-12(13)14-16/h7,10-11H,4-6,8-9H2,1-3H3,(H2,13,14). The number of nitrogens with two attached hydrogens (primary N) is 1. The highest BCUT2D eigenvalue weighted by Crippen LogP contribution is 2.05. The maximum Gasteiger partial charge on any atom is 0.145 e. The van der Waals surface area contributed by atoms with Crippen LogP contribution in [-0.2, 0) is 6.54 Å². The number of hydrogen-bond acceptors (Lipinski definition) is 3. The predicted molar refractivity (Wildman–Crippen MR) is 68.3 cm³/mol. The highest BCUT2D eigenvalue weighted by Gasteiger charge is 2.08. The highest BCUT2D eigenvalue weighted by molar-refractivity contribution is 5.23. The van der Waals surface area contributed by atoms with Crippen LogP contribution in [0.5, 0.6) is 0 Å². The molecule has 0 aliphatic carbocycles. The third-order valence-electron chi connectivity index (χ3n) is 3.11. The third-order valence-corrected chi connectivity index (χ3v) is 3.11. The molecule has 92 valence electrons. The van der Waals surface area contributed by atoms with E-state index in [4.69, 9.17) is 5.73 Å². The minimum atomic E-state index is 0.606. The first kappa shape index (κ1) is 13.0. The van der Waals surface area contributed by atoms with Crippen LogP contribution in [-0.4, -0.2) is 33.8 Å². The molecule has 0 spiro atoms. The van der Waals surface area contributed by atoms with Gasteiger partial charge in [-0.05, 0) is 32.4 Å². The van der Waals surface area contributed by atoms with Crippen LogP contribution in [0.15, 0.2) is 12.3 Å². The Morgan fingerprint density at radius 1 is 1.50 bits per heavy atom. The molecule has 1 unspecified atom stereocenters. The van der Waals surface area contributed by atoms with Crippen molar-refractivity contribution in [3.05, 3.63) is 12.3 Å². The van der Waals surface area contributed by atoms with Crippen molar-refractivity contribution >= 4 is 5.82 Å². The molecule has 1 rings (SSSR count). The van der Waals surface area contributed by atoms with Gasteiger partial charge in [0, 0.05) is 25.3 Å². The average Bonchev–Trinajstić information content (AvgIpc) is 2.69. The van der Waals surface area contributed by atoms with E-state index in [0.717, 1.165) is 26.1 Å². The van der Waals surface area contributed by atoms with Gasteiger partial charge in [-0.25, -0.2) is 0 Å². The van der Waals surface area contributed by atoms with Gasteiger partial charge in [-0.1, -0.05) is 13.8 Å². The molecule has 0 saturated heterocycles. The second kappa shape index (κ2) is 6.53. The quantitative estimate of drug-likeness (QED) is 0.770. The highest BCUT2D eigenvalue weighted by atomic mass is 15.3. The Morgan fingerprint density at radius 3 is 2.75 bits per heavy atom. The molecule has 0 saturated carbocycles. The lowest BCUT2D eigenvalue weighted by Gasteiger charge is -2.26. The van der Waals surface area contributed by atoms with Gasteiger partial charge in [0.05, 0.1) is 0 Å². The first-order valence-electron chi connectivity index (χ1n) is 6.20. The third kappa shape index (κ3) is 3.85. The van der Waals surface area contributed by atoms with Gasteiger partial charge in [-0.15, -0.1) is 0 Å². The normalized spacial score (nSPS) is 13.2. The Labute approximate surface area is 98.4 Å². The van der Waals surface area contributed by atoms with E-state index in [2.05, 4.69) is 30.8 Å². The molecule has 4 nitrogen and oxygen atoms in total. The number of nitrogens with zero attached hydrogens (tertiary/aromatic N) is 3. The Bertz CT molecular complexity index is 295. The van der Waals surface area contributed by atoms with Crippen LogP contribution in [0.3, 0.4) is 0 Å². The van der Waals surface area contributed by atoms with E-state index in [9.17, 15) is 0 Å². The number of anilines is 1. The fourth-order valence-corrected chi connectivity index (χ4v) is 1.89. The Balaban J connectivity index is 2.28. The summed E-state index contributed by atoms with van der Waals surface area (Å²) in [6.07, 6.45) is 4.27. The van der Waals surface area contributed by atoms with Gasteiger partial charge >= 0.3 is 0 Å². The summed E-state index contributed by atoms with van der Waals surface area (Å²) in [5.74, 6) is 0.606. The molecular weight excluding hydrogens is 200 g/mol. The van der Waals surface area contributed by atoms with Crippen LogP contribution in [0.2, 0.25) is 0 Å². The molecular formula is C12H24N4. The fraction of sp³-hybridized carbons (Fsp3) is 0.750. The van der Waals surface area contributed by atoms with Gasteiger partial charge in [0.15, 0.2) is 0 Å². The average molecular weight is 224 g/mol. The van der Waals surface area contributed by atoms with Gasteiger partial charge in [-0.3, -0.25) is 4.68 Å². The molecule has 1 aromatic heterocycles. The molecule has 0 aliphatic rings. The topological polar surface area (TPSA) is 47.1 Å². The molecule has 0 aliphatic heterocycles. The summed E-state index contributed by atoms with van der Waals surface area (Å²) in [7, 11) is 0. The van der Waals surface area contributed by atoms with Crippen molar-refractivity contribution in [2.45, 2.75) is 46.2 Å². The number of aryl methyl sites for hydroxylation is 1. The number of hydrogen-bond donors (Lipinski definition) is 1. The van der Waals surface area contributed by atoms with Gasteiger partial charge in [0.1, 0.15) is 5.82 Å². The smallest absolute Gasteiger partial charge is 0.145 e. The molecule has 1 aromatic rings. The van der Waals surface area contributed by atoms with Gasteiger partial charge < -0.3 is 10.6 Å². The van der Waals surface area contributed by atoms with Crippen molar-refractivity contribution in [2.75, 3.05) is 18.8 Å². The number of aromatic nitrogens is 2. The molecule has 4 heteroatoms. The zero-order chi connectivity index (χ0) is 12.0. The largest absolute Gasteiger partial charge is 0.382 e. The van der Waals surface area contributed by atoms with Crippen LogP contribution < -0.4 is 5.73 Å². The summed E-state index contributed by atoms with van der Waals surface area (Å²) in [6, 6.07) is 2.51. The maximum atomic E-state index is 5.56. The summed E-state index contributed by atoms with van der Waals surface area (Å²) in [5.41, 5.74) is 5.56. The van der Waals surface area contributed by atoms with Crippen molar-refractivity contribution in [2.24, 2.45) is 0 Å². The van der Waals surface area contributed by atoms with Crippen molar-refractivity contribution in [1.82, 2.24) is 14.7 Å². The van der Waals surface area contributed by atoms with Crippen molar-refractivity contribution in [3.63, 3.8) is 0 Å². The molecule has 2 N–H and O–H groups in total. The van der Waals surface area contributed by atoms with E-state index in [1.165, 1.54) is 6.42 Å². The maximum absolute atomic E-state index is 5.56. The molecule has 0 bridgehead atoms. The fourth-order valence-electron chi connectivity index (χ4n) is 1.89. The second-order valence-electron chi connectivity index (χ2n) is 4.24. The van der Waals surface area contributed by atoms with E-state index < -0.39 is 0 Å². The van der Waals surface area contributed by atoms with Crippen molar-refractivity contribution < 1.29 is 0 Å². The lowest BCUT2D eigenvalue weighted by atomic mass is 10.2. The lowest BCUT2D eigenvalue weighted by Crippen LogP contribution is -2.33. The molecule has 0 aromatic carbocycles. The predicted octanol–water partition coefficient (Wildman–Crippen LogP) is 1.98. The molecule has 1 heterocycles. The molecule has 0 fully saturated rings. The van der Waals surface area contributed by atoms with Crippen LogP contribution in [0.4, 0.5) is 5.82 Å². The Hall–Kier alpha value is -1.03. The monoisotopic (exact) mass is 224 g/mol. The van der Waals surface area contributed by atoms with Crippen LogP contribution >= 0.6 is 0 Å². The minimum absolute atomic E-state index is 0.606. The zero-order valence-corrected chi connectivity index (χ0v) is 10.7. The summed E-state index contributed by atoms with van der Waals surface area (Å²) in [5, 5.41) is 4.17. The summed E-state index contributed by atoms with van der Waals surface area (Å²) < 4.78 is 1.92. The van der Waals surface area contributed by atoms with Gasteiger partial charge in [-0.2, -0.15) is 5.10 Å². The van der Waals surface area contributed by atoms with E-state index in [1.807, 2.05) is 16.9 Å². The van der Waals surface area contributed by atoms with E-state index >= 15 is 0 Å². The molecule has 0 radical (unpaired) electrons. The molecule has 1 atom stereocenters. The van der Waals surface area contributed by atoms with E-state index in [1.54, 1.807) is 0 Å². The van der Waals surface area contributed by atoms with Gasteiger partial charge in [0.2, 0.25) is 0 Å². The molecule has 0 amide bonds. The zero-order valence-electron chi connectivity index (χ0n) is 10.7. The summed E-state index contributed by atoms with van der Waals surface area (Å²) in [4.78, 5) is 2.51. The summed E-state index contributed by atoms with van der Waals surface area (Å²) in [6.45, 7) is 9.95. The summed E-state index contributed by atoms with van der Waals surface area (Å²) >= 11 is 0. The van der Waals surface area contributed by atoms with Crippen molar-refractivity contribution in [1.29, 1.82) is 0 Å². The van der Waals surface area contributed by atoms with E-state index in [-0.39, 0.29) is 0 Å². The Kier molecular flexibility index (Phi) is 5.32. The number of nitrogen functional groups attached to an aromatic ring is 1. The van der Waals surface area contributed by atoms with E-state index in [0.29, 0.717) is 11.9 Å². The van der Waals surface area contributed by atoms with Crippen LogP contribution in [0.1, 0.15) is 33.6 Å². The van der Waals surface area contributed by atoms with Crippen LogP contribution in [0, 0.1) is 0 Å². The van der Waals surface area contributed by atoms with Gasteiger partial charge in [0.25, 0.3) is 0 Å². The number of rotatable bonds is 7. The van der Waals surface area contributed by atoms with Crippen LogP contribution in [0.25, 0.3) is 0 Å². The first-order chi connectivity index (χ1) is 7.67. The first-order valence-corrected chi connectivity index (χ1v) is 6.20. The second-order valence-corrected chi connectivity index (χ2v) is 4.24. The minimum Gasteiger partial charge on any atom is -0.382 e. The lowest BCUT2D eigenvalue weighted by molar-refractivity contribution is 0.208. The Morgan fingerprint density at radius 2 is 2.25 bits per heavy atom.